The molecule has 1 aliphatic rings. The number of amidine groups is 1. The number of carbonyl (C=O) groups excluding carboxylic acids is 1. The number of carbonyl (C=O) groups is 1. The van der Waals surface area contributed by atoms with Gasteiger partial charge < -0.3 is 15.0 Å². The average molecular weight is 665 g/mol. The van der Waals surface area contributed by atoms with E-state index in [4.69, 9.17) is 0 Å². The zero-order chi connectivity index (χ0) is 33.6. The van der Waals surface area contributed by atoms with Crippen molar-refractivity contribution in [3.8, 4) is 22.8 Å². The van der Waals surface area contributed by atoms with Gasteiger partial charge in [0, 0.05) is 29.6 Å². The molecule has 8 nitrogen and oxygen atoms in total. The number of para-hydroxylation sites is 1. The number of nitrogens with zero attached hydrogens (tertiary/aromatic N) is 5. The minimum atomic E-state index is -4.74. The van der Waals surface area contributed by atoms with E-state index >= 15 is 0 Å². The van der Waals surface area contributed by atoms with Gasteiger partial charge in [0.05, 0.1) is 5.69 Å². The highest BCUT2D eigenvalue weighted by atomic mass is 32.2. The zero-order valence-electron chi connectivity index (χ0n) is 26.9. The maximum Gasteiger partial charge on any atom is 0.573 e. The molecular formula is C35H39F3N6O2S. The van der Waals surface area contributed by atoms with Gasteiger partial charge in [-0.25, -0.2) is 14.5 Å². The number of anilines is 1. The quantitative estimate of drug-likeness (QED) is 0.183. The van der Waals surface area contributed by atoms with E-state index in [9.17, 15) is 18.0 Å². The van der Waals surface area contributed by atoms with Gasteiger partial charge in [-0.1, -0.05) is 75.0 Å². The summed E-state index contributed by atoms with van der Waals surface area (Å²) >= 11 is 1.63. The van der Waals surface area contributed by atoms with Crippen LogP contribution in [0.25, 0.3) is 17.1 Å². The summed E-state index contributed by atoms with van der Waals surface area (Å²) in [6.07, 6.45) is -0.558. The van der Waals surface area contributed by atoms with Crippen LogP contribution in [-0.4, -0.2) is 50.7 Å². The topological polar surface area (TPSA) is 84.6 Å². The Bertz CT molecular complexity index is 1670. The number of benzene rings is 3. The van der Waals surface area contributed by atoms with Gasteiger partial charge >= 0.3 is 12.4 Å². The smallest absolute Gasteiger partial charge is 0.406 e. The summed E-state index contributed by atoms with van der Waals surface area (Å²) in [7, 11) is 0. The molecule has 2 heterocycles. The van der Waals surface area contributed by atoms with E-state index in [2.05, 4.69) is 75.9 Å². The summed E-state index contributed by atoms with van der Waals surface area (Å²) in [5.74, 6) is 1.82. The van der Waals surface area contributed by atoms with Crippen LogP contribution in [0.1, 0.15) is 57.6 Å². The number of halogens is 3. The molecule has 3 aromatic carbocycles. The van der Waals surface area contributed by atoms with Crippen molar-refractivity contribution in [2.24, 2.45) is 10.9 Å². The van der Waals surface area contributed by atoms with Gasteiger partial charge in [0.1, 0.15) is 12.1 Å². The average Bonchev–Trinajstić information content (AvgIpc) is 3.52. The van der Waals surface area contributed by atoms with E-state index in [0.717, 1.165) is 47.0 Å². The Kier molecular flexibility index (Phi) is 10.9. The van der Waals surface area contributed by atoms with Gasteiger partial charge in [-0.05, 0) is 79.5 Å². The van der Waals surface area contributed by atoms with Crippen LogP contribution in [0.3, 0.4) is 0 Å². The first kappa shape index (κ1) is 34.0. The molecule has 0 bridgehead atoms. The van der Waals surface area contributed by atoms with Crippen molar-refractivity contribution in [2.45, 2.75) is 65.3 Å². The Morgan fingerprint density at radius 1 is 1.06 bits per heavy atom. The van der Waals surface area contributed by atoms with E-state index in [1.807, 2.05) is 30.3 Å². The van der Waals surface area contributed by atoms with Crippen LogP contribution in [0, 0.1) is 5.92 Å². The van der Waals surface area contributed by atoms with Crippen molar-refractivity contribution in [3.05, 3.63) is 90.3 Å². The van der Waals surface area contributed by atoms with Crippen LogP contribution in [0.5, 0.6) is 5.75 Å². The Labute approximate surface area is 277 Å². The lowest BCUT2D eigenvalue weighted by atomic mass is 9.97. The van der Waals surface area contributed by atoms with Crippen molar-refractivity contribution >= 4 is 28.6 Å². The van der Waals surface area contributed by atoms with Gasteiger partial charge in [-0.15, -0.1) is 18.3 Å². The van der Waals surface area contributed by atoms with Crippen molar-refractivity contribution in [1.29, 1.82) is 0 Å². The number of thioether (sulfide) groups is 1. The minimum absolute atomic E-state index is 0.253. The van der Waals surface area contributed by atoms with Crippen molar-refractivity contribution in [1.82, 2.24) is 20.1 Å². The lowest BCUT2D eigenvalue weighted by molar-refractivity contribution is -0.274. The van der Waals surface area contributed by atoms with Gasteiger partial charge in [0.15, 0.2) is 11.0 Å². The normalized spacial score (nSPS) is 16.8. The third-order valence-corrected chi connectivity index (χ3v) is 8.95. The molecule has 0 radical (unpaired) electrons. The lowest BCUT2D eigenvalue weighted by Crippen LogP contribution is -2.42. The fraction of sp³-hybridized carbons (Fsp3) is 0.371. The van der Waals surface area contributed by atoms with Crippen molar-refractivity contribution in [2.75, 3.05) is 17.2 Å². The largest absolute Gasteiger partial charge is 0.573 e. The molecule has 4 aromatic rings. The molecule has 1 aromatic heterocycles. The predicted octanol–water partition coefficient (Wildman–Crippen LogP) is 8.62. The summed E-state index contributed by atoms with van der Waals surface area (Å²) in [4.78, 5) is 24.0. The Morgan fingerprint density at radius 3 is 2.49 bits per heavy atom. The van der Waals surface area contributed by atoms with Crippen LogP contribution < -0.4 is 15.0 Å². The second-order valence-electron chi connectivity index (χ2n) is 12.0. The monoisotopic (exact) mass is 664 g/mol. The summed E-state index contributed by atoms with van der Waals surface area (Å²) in [6.45, 7) is 9.23. The van der Waals surface area contributed by atoms with Crippen LogP contribution in [0.4, 0.5) is 23.7 Å². The number of hydrogen-bond acceptors (Lipinski definition) is 5. The molecule has 0 saturated carbocycles. The van der Waals surface area contributed by atoms with E-state index in [-0.39, 0.29) is 17.8 Å². The molecule has 1 aliphatic heterocycles. The maximum atomic E-state index is 12.9. The number of alkyl halides is 3. The summed E-state index contributed by atoms with van der Waals surface area (Å²) in [5, 5.41) is 8.20. The highest BCUT2D eigenvalue weighted by molar-refractivity contribution is 8.14. The molecule has 0 aliphatic carbocycles. The summed E-state index contributed by atoms with van der Waals surface area (Å²) < 4.78 is 42.7. The molecule has 2 unspecified atom stereocenters. The summed E-state index contributed by atoms with van der Waals surface area (Å²) in [6, 6.07) is 21.7. The Balaban J connectivity index is 1.12. The molecule has 2 atom stereocenters. The number of nitrogens with one attached hydrogen (secondary N) is 1. The number of aliphatic imine (C=N–C) groups is 1. The SMILES string of the molecule is CC(CCNC(=O)/N=C1\SCCC(C)N1c1ccccc1C(C)C)Cc1ccc(-c2ncn(-c3ccc(OC(F)(F)F)cc3)n2)cc1. The second kappa shape index (κ2) is 15.1. The van der Waals surface area contributed by atoms with Crippen molar-refractivity contribution in [3.63, 3.8) is 0 Å². The van der Waals surface area contributed by atoms with Crippen LogP contribution in [-0.2, 0) is 6.42 Å². The fourth-order valence-corrected chi connectivity index (χ4v) is 6.70. The molecule has 47 heavy (non-hydrogen) atoms. The molecule has 0 spiro atoms. The third-order valence-electron chi connectivity index (χ3n) is 7.97. The molecule has 1 N–H and O–H groups in total. The maximum absolute atomic E-state index is 12.9. The molecule has 1 fully saturated rings. The van der Waals surface area contributed by atoms with Gasteiger partial charge in [0.2, 0.25) is 0 Å². The first-order valence-corrected chi connectivity index (χ1v) is 16.7. The highest BCUT2D eigenvalue weighted by Crippen LogP contribution is 2.34. The number of hydrogen-bond donors (Lipinski definition) is 1. The van der Waals surface area contributed by atoms with Crippen LogP contribution in [0.2, 0.25) is 0 Å². The van der Waals surface area contributed by atoms with E-state index < -0.39 is 6.36 Å². The van der Waals surface area contributed by atoms with Gasteiger partial charge in [0.25, 0.3) is 0 Å². The molecule has 2 amide bonds. The van der Waals surface area contributed by atoms with Gasteiger partial charge in [-0.3, -0.25) is 0 Å². The van der Waals surface area contributed by atoms with E-state index in [1.165, 1.54) is 40.8 Å². The van der Waals surface area contributed by atoms with E-state index in [0.29, 0.717) is 29.9 Å². The molecular weight excluding hydrogens is 625 g/mol. The number of amides is 2. The van der Waals surface area contributed by atoms with Crippen LogP contribution >= 0.6 is 11.8 Å². The van der Waals surface area contributed by atoms with Crippen molar-refractivity contribution < 1.29 is 22.7 Å². The Morgan fingerprint density at radius 2 is 1.79 bits per heavy atom. The number of aromatic nitrogens is 3. The zero-order valence-corrected chi connectivity index (χ0v) is 27.7. The minimum Gasteiger partial charge on any atom is -0.406 e. The summed E-state index contributed by atoms with van der Waals surface area (Å²) in [5.41, 5.74) is 4.90. The second-order valence-corrected chi connectivity index (χ2v) is 13.1. The van der Waals surface area contributed by atoms with Gasteiger partial charge in [-0.2, -0.15) is 4.99 Å². The fourth-order valence-electron chi connectivity index (χ4n) is 5.50. The lowest BCUT2D eigenvalue weighted by Gasteiger charge is -2.37. The number of ether oxygens (including phenoxy) is 1. The standard InChI is InChI=1S/C35H39F3N6O2S/c1-23(2)30-7-5-6-8-31(30)44-25(4)18-20-47-34(44)41-33(45)39-19-17-24(3)21-26-9-11-27(12-10-26)32-40-22-43(42-32)28-13-15-29(16-14-28)46-35(36,37)38/h5-16,22-25H,17-21H2,1-4H3,(H,39,45)/b41-34-. The third kappa shape index (κ3) is 9.15. The number of rotatable bonds is 10. The molecule has 1 saturated heterocycles. The Hall–Kier alpha value is -4.32. The van der Waals surface area contributed by atoms with Crippen LogP contribution in [0.15, 0.2) is 84.1 Å². The van der Waals surface area contributed by atoms with E-state index in [1.54, 1.807) is 11.8 Å². The first-order valence-electron chi connectivity index (χ1n) is 15.7. The number of urea groups is 1. The molecule has 248 valence electrons. The molecule has 12 heteroatoms. The predicted molar refractivity (Wildman–Crippen MR) is 181 cm³/mol. The highest BCUT2D eigenvalue weighted by Gasteiger charge is 2.31. The first-order chi connectivity index (χ1) is 22.5. The molecule has 5 rings (SSSR count).